The van der Waals surface area contributed by atoms with E-state index in [9.17, 15) is 22.4 Å². The molecular formula is C33H34FN3O4S. The van der Waals surface area contributed by atoms with Crippen LogP contribution in [0, 0.1) is 12.7 Å². The van der Waals surface area contributed by atoms with Crippen molar-refractivity contribution in [2.24, 2.45) is 0 Å². The molecule has 4 rings (SSSR count). The molecule has 4 aromatic carbocycles. The summed E-state index contributed by atoms with van der Waals surface area (Å²) in [6, 6.07) is 28.8. The molecule has 0 fully saturated rings. The molecule has 42 heavy (non-hydrogen) atoms. The predicted octanol–water partition coefficient (Wildman–Crippen LogP) is 5.11. The third kappa shape index (κ3) is 7.61. The number of likely N-dealkylation sites (N-methyl/N-ethyl adjacent to an activating group) is 1. The zero-order chi connectivity index (χ0) is 30.1. The maximum atomic E-state index is 14.3. The Morgan fingerprint density at radius 3 is 2.00 bits per heavy atom. The monoisotopic (exact) mass is 587 g/mol. The first kappa shape index (κ1) is 30.5. The summed E-state index contributed by atoms with van der Waals surface area (Å²) in [6.45, 7) is 3.65. The standard InChI is InChI=1S/C33H34FN3O4S/c1-3-35-33(39)31(22-26-10-6-4-7-11-26)36(23-27-16-14-25(2)15-17-27)32(38)24-37(29-12-8-5-9-13-29)42(40,41)30-20-18-28(34)19-21-30/h4-21,31H,3,22-24H2,1-2H3,(H,35,39)/t31-/m0/s1. The molecule has 0 spiro atoms. The molecule has 4 aromatic rings. The van der Waals surface area contributed by atoms with Gasteiger partial charge < -0.3 is 10.2 Å². The Balaban J connectivity index is 1.77. The second-order valence-corrected chi connectivity index (χ2v) is 11.8. The molecular weight excluding hydrogens is 553 g/mol. The largest absolute Gasteiger partial charge is 0.355 e. The molecule has 0 radical (unpaired) electrons. The van der Waals surface area contributed by atoms with Gasteiger partial charge in [0.05, 0.1) is 10.6 Å². The summed E-state index contributed by atoms with van der Waals surface area (Å²) in [5.74, 6) is -1.47. The van der Waals surface area contributed by atoms with Gasteiger partial charge in [0, 0.05) is 19.5 Å². The Bertz CT molecular complexity index is 1580. The average Bonchev–Trinajstić information content (AvgIpc) is 2.99. The van der Waals surface area contributed by atoms with Crippen LogP contribution in [0.1, 0.15) is 23.6 Å². The van der Waals surface area contributed by atoms with E-state index in [0.29, 0.717) is 6.54 Å². The van der Waals surface area contributed by atoms with Gasteiger partial charge in [-0.3, -0.25) is 13.9 Å². The van der Waals surface area contributed by atoms with E-state index in [4.69, 9.17) is 0 Å². The molecule has 0 aliphatic heterocycles. The number of anilines is 1. The van der Waals surface area contributed by atoms with E-state index in [1.165, 1.54) is 17.0 Å². The topological polar surface area (TPSA) is 86.8 Å². The summed E-state index contributed by atoms with van der Waals surface area (Å²) in [4.78, 5) is 29.0. The SMILES string of the molecule is CCNC(=O)[C@H](Cc1ccccc1)N(Cc1ccc(C)cc1)C(=O)CN(c1ccccc1)S(=O)(=O)c1ccc(F)cc1. The van der Waals surface area contributed by atoms with Crippen LogP contribution in [-0.2, 0) is 32.6 Å². The number of halogens is 1. The number of para-hydroxylation sites is 1. The number of nitrogens with zero attached hydrogens (tertiary/aromatic N) is 2. The van der Waals surface area contributed by atoms with Gasteiger partial charge in [0.2, 0.25) is 11.8 Å². The summed E-state index contributed by atoms with van der Waals surface area (Å²) in [5, 5.41) is 2.84. The van der Waals surface area contributed by atoms with Crippen LogP contribution in [-0.4, -0.2) is 44.3 Å². The summed E-state index contributed by atoms with van der Waals surface area (Å²) < 4.78 is 42.3. The van der Waals surface area contributed by atoms with Gasteiger partial charge in [-0.2, -0.15) is 0 Å². The van der Waals surface area contributed by atoms with Crippen molar-refractivity contribution in [3.8, 4) is 0 Å². The van der Waals surface area contributed by atoms with Crippen molar-refractivity contribution in [2.75, 3.05) is 17.4 Å². The summed E-state index contributed by atoms with van der Waals surface area (Å²) in [6.07, 6.45) is 0.236. The van der Waals surface area contributed by atoms with Gasteiger partial charge in [0.15, 0.2) is 0 Å². The Morgan fingerprint density at radius 2 is 1.40 bits per heavy atom. The minimum absolute atomic E-state index is 0.0903. The van der Waals surface area contributed by atoms with Gasteiger partial charge in [-0.25, -0.2) is 12.8 Å². The fourth-order valence-corrected chi connectivity index (χ4v) is 6.01. The third-order valence-corrected chi connectivity index (χ3v) is 8.61. The quantitative estimate of drug-likeness (QED) is 0.250. The van der Waals surface area contributed by atoms with E-state index in [1.807, 2.05) is 61.5 Å². The number of hydrogen-bond donors (Lipinski definition) is 1. The second-order valence-electron chi connectivity index (χ2n) is 9.91. The van der Waals surface area contributed by atoms with Crippen LogP contribution in [0.3, 0.4) is 0 Å². The number of carbonyl (C=O) groups excluding carboxylic acids is 2. The lowest BCUT2D eigenvalue weighted by Gasteiger charge is -2.33. The molecule has 0 saturated carbocycles. The zero-order valence-corrected chi connectivity index (χ0v) is 24.4. The van der Waals surface area contributed by atoms with Crippen molar-refractivity contribution in [1.82, 2.24) is 10.2 Å². The van der Waals surface area contributed by atoms with Crippen LogP contribution in [0.2, 0.25) is 0 Å². The summed E-state index contributed by atoms with van der Waals surface area (Å²) in [7, 11) is -4.27. The van der Waals surface area contributed by atoms with E-state index in [2.05, 4.69) is 5.32 Å². The molecule has 7 nitrogen and oxygen atoms in total. The van der Waals surface area contributed by atoms with Crippen molar-refractivity contribution >= 4 is 27.5 Å². The maximum absolute atomic E-state index is 14.3. The molecule has 0 aromatic heterocycles. The Labute approximate surface area is 246 Å². The van der Waals surface area contributed by atoms with E-state index in [-0.39, 0.29) is 29.5 Å². The third-order valence-electron chi connectivity index (χ3n) is 6.82. The van der Waals surface area contributed by atoms with Gasteiger partial charge in [-0.05, 0) is 61.4 Å². The van der Waals surface area contributed by atoms with Crippen LogP contribution < -0.4 is 9.62 Å². The smallest absolute Gasteiger partial charge is 0.264 e. The molecule has 218 valence electrons. The second kappa shape index (κ2) is 13.9. The molecule has 0 unspecified atom stereocenters. The van der Waals surface area contributed by atoms with Crippen LogP contribution in [0.4, 0.5) is 10.1 Å². The Kier molecular flexibility index (Phi) is 10.1. The van der Waals surface area contributed by atoms with Gasteiger partial charge in [0.1, 0.15) is 18.4 Å². The van der Waals surface area contributed by atoms with E-state index < -0.39 is 34.3 Å². The first-order valence-corrected chi connectivity index (χ1v) is 15.1. The molecule has 1 N–H and O–H groups in total. The predicted molar refractivity (Wildman–Crippen MR) is 162 cm³/mol. The van der Waals surface area contributed by atoms with Crippen molar-refractivity contribution in [2.45, 2.75) is 37.8 Å². The van der Waals surface area contributed by atoms with Gasteiger partial charge in [-0.15, -0.1) is 0 Å². The fourth-order valence-electron chi connectivity index (χ4n) is 4.59. The average molecular weight is 588 g/mol. The highest BCUT2D eigenvalue weighted by Gasteiger charge is 2.34. The lowest BCUT2D eigenvalue weighted by molar-refractivity contribution is -0.140. The number of hydrogen-bond acceptors (Lipinski definition) is 4. The zero-order valence-electron chi connectivity index (χ0n) is 23.6. The van der Waals surface area contributed by atoms with E-state index in [1.54, 1.807) is 37.3 Å². The van der Waals surface area contributed by atoms with E-state index >= 15 is 0 Å². The molecule has 0 bridgehead atoms. The molecule has 0 aliphatic rings. The molecule has 0 saturated heterocycles. The van der Waals surface area contributed by atoms with E-state index in [0.717, 1.165) is 33.1 Å². The highest BCUT2D eigenvalue weighted by Crippen LogP contribution is 2.25. The minimum atomic E-state index is -4.27. The number of amides is 2. The molecule has 0 heterocycles. The van der Waals surface area contributed by atoms with Gasteiger partial charge in [-0.1, -0.05) is 78.4 Å². The number of nitrogens with one attached hydrogen (secondary N) is 1. The van der Waals surface area contributed by atoms with Crippen molar-refractivity contribution in [3.63, 3.8) is 0 Å². The first-order chi connectivity index (χ1) is 20.2. The van der Waals surface area contributed by atoms with Gasteiger partial charge >= 0.3 is 0 Å². The summed E-state index contributed by atoms with van der Waals surface area (Å²) in [5.41, 5.74) is 2.96. The van der Waals surface area contributed by atoms with Crippen LogP contribution in [0.25, 0.3) is 0 Å². The highest BCUT2D eigenvalue weighted by molar-refractivity contribution is 7.92. The number of benzene rings is 4. The lowest BCUT2D eigenvalue weighted by atomic mass is 10.0. The summed E-state index contributed by atoms with van der Waals surface area (Å²) >= 11 is 0. The highest BCUT2D eigenvalue weighted by atomic mass is 32.2. The van der Waals surface area contributed by atoms with Crippen LogP contribution in [0.5, 0.6) is 0 Å². The lowest BCUT2D eigenvalue weighted by Crippen LogP contribution is -2.53. The van der Waals surface area contributed by atoms with Crippen molar-refractivity contribution < 1.29 is 22.4 Å². The van der Waals surface area contributed by atoms with Crippen LogP contribution >= 0.6 is 0 Å². The normalized spacial score (nSPS) is 11.9. The minimum Gasteiger partial charge on any atom is -0.355 e. The number of aryl methyl sites for hydroxylation is 1. The molecule has 0 aliphatic carbocycles. The van der Waals surface area contributed by atoms with Crippen molar-refractivity contribution in [3.05, 3.63) is 132 Å². The van der Waals surface area contributed by atoms with Crippen LogP contribution in [0.15, 0.2) is 114 Å². The molecule has 9 heteroatoms. The number of sulfonamides is 1. The Morgan fingerprint density at radius 1 is 0.810 bits per heavy atom. The maximum Gasteiger partial charge on any atom is 0.264 e. The van der Waals surface area contributed by atoms with Crippen molar-refractivity contribution in [1.29, 1.82) is 0 Å². The molecule has 1 atom stereocenters. The first-order valence-electron chi connectivity index (χ1n) is 13.7. The van der Waals surface area contributed by atoms with Gasteiger partial charge in [0.25, 0.3) is 10.0 Å². The number of rotatable bonds is 12. The number of carbonyl (C=O) groups is 2. The molecule has 2 amide bonds. The fraction of sp³-hybridized carbons (Fsp3) is 0.212. The Hall–Kier alpha value is -4.50.